The highest BCUT2D eigenvalue weighted by molar-refractivity contribution is 7.14. The smallest absolute Gasteiger partial charge is 0.325 e. The molecule has 1 spiro atoms. The minimum Gasteiger partial charge on any atom is -0.496 e. The molecule has 158 valence electrons. The van der Waals surface area contributed by atoms with Crippen molar-refractivity contribution in [1.82, 2.24) is 15.2 Å². The van der Waals surface area contributed by atoms with E-state index in [0.29, 0.717) is 29.4 Å². The van der Waals surface area contributed by atoms with Crippen molar-refractivity contribution >= 4 is 34.3 Å². The van der Waals surface area contributed by atoms with Crippen molar-refractivity contribution in [3.63, 3.8) is 0 Å². The van der Waals surface area contributed by atoms with Gasteiger partial charge in [-0.05, 0) is 38.8 Å². The summed E-state index contributed by atoms with van der Waals surface area (Å²) in [5.74, 6) is -0.0685. The van der Waals surface area contributed by atoms with E-state index < -0.39 is 23.5 Å². The molecule has 2 aliphatic rings. The van der Waals surface area contributed by atoms with E-state index in [1.165, 1.54) is 11.3 Å². The number of benzene rings is 1. The second kappa shape index (κ2) is 7.71. The molecule has 0 bridgehead atoms. The number of aromatic nitrogens is 1. The maximum absolute atomic E-state index is 12.9. The van der Waals surface area contributed by atoms with Gasteiger partial charge in [0.1, 0.15) is 17.3 Å². The number of methoxy groups -OCH3 is 1. The molecule has 8 nitrogen and oxygen atoms in total. The normalized spacial score (nSPS) is 18.6. The molecule has 1 atom stereocenters. The molecule has 1 aliphatic carbocycles. The molecule has 1 saturated heterocycles. The zero-order chi connectivity index (χ0) is 21.5. The van der Waals surface area contributed by atoms with Crippen LogP contribution in [-0.4, -0.2) is 46.4 Å². The molecular formula is C21H24N4O4S. The average molecular weight is 429 g/mol. The third-order valence-electron chi connectivity index (χ3n) is 5.78. The van der Waals surface area contributed by atoms with E-state index in [4.69, 9.17) is 4.74 Å². The summed E-state index contributed by atoms with van der Waals surface area (Å²) in [4.78, 5) is 43.6. The fourth-order valence-electron chi connectivity index (χ4n) is 4.11. The summed E-state index contributed by atoms with van der Waals surface area (Å²) in [6.45, 7) is 3.54. The van der Waals surface area contributed by atoms with E-state index >= 15 is 0 Å². The molecular weight excluding hydrogens is 404 g/mol. The minimum absolute atomic E-state index is 0.308. The van der Waals surface area contributed by atoms with Crippen LogP contribution in [0.25, 0.3) is 11.3 Å². The third kappa shape index (κ3) is 3.43. The number of rotatable bonds is 5. The molecule has 4 rings (SSSR count). The number of carbonyl (C=O) groups excluding carboxylic acids is 3. The molecule has 2 N–H and O–H groups in total. The monoisotopic (exact) mass is 428 g/mol. The van der Waals surface area contributed by atoms with E-state index in [2.05, 4.69) is 15.6 Å². The van der Waals surface area contributed by atoms with Gasteiger partial charge in [0.2, 0.25) is 5.91 Å². The molecule has 30 heavy (non-hydrogen) atoms. The number of hydrogen-bond donors (Lipinski definition) is 2. The number of imide groups is 1. The largest absolute Gasteiger partial charge is 0.496 e. The van der Waals surface area contributed by atoms with E-state index in [9.17, 15) is 14.4 Å². The van der Waals surface area contributed by atoms with Crippen molar-refractivity contribution in [3.05, 3.63) is 29.1 Å². The molecule has 2 fully saturated rings. The van der Waals surface area contributed by atoms with E-state index in [-0.39, 0.29) is 5.91 Å². The molecule has 1 unspecified atom stereocenters. The lowest BCUT2D eigenvalue weighted by Crippen LogP contribution is -2.48. The number of amides is 4. The minimum atomic E-state index is -0.932. The first-order valence-electron chi connectivity index (χ1n) is 9.92. The Labute approximate surface area is 178 Å². The summed E-state index contributed by atoms with van der Waals surface area (Å²) in [6.07, 6.45) is 3.03. The Morgan fingerprint density at radius 2 is 2.07 bits per heavy atom. The summed E-state index contributed by atoms with van der Waals surface area (Å²) < 4.78 is 5.41. The number of urea groups is 1. The quantitative estimate of drug-likeness (QED) is 0.712. The van der Waals surface area contributed by atoms with Crippen LogP contribution in [0.15, 0.2) is 23.6 Å². The van der Waals surface area contributed by atoms with Crippen LogP contribution in [0.5, 0.6) is 5.75 Å². The number of anilines is 1. The fourth-order valence-corrected chi connectivity index (χ4v) is 4.83. The lowest BCUT2D eigenvalue weighted by atomic mass is 9.97. The Kier molecular flexibility index (Phi) is 5.23. The summed E-state index contributed by atoms with van der Waals surface area (Å²) >= 11 is 1.28. The summed E-state index contributed by atoms with van der Waals surface area (Å²) in [6, 6.07) is 4.36. The van der Waals surface area contributed by atoms with Gasteiger partial charge < -0.3 is 15.4 Å². The van der Waals surface area contributed by atoms with Gasteiger partial charge in [-0.1, -0.05) is 24.5 Å². The lowest BCUT2D eigenvalue weighted by Gasteiger charge is -2.23. The Bertz CT molecular complexity index is 1010. The zero-order valence-corrected chi connectivity index (χ0v) is 18.0. The van der Waals surface area contributed by atoms with Gasteiger partial charge in [-0.3, -0.25) is 9.59 Å². The first-order valence-corrected chi connectivity index (χ1v) is 10.8. The number of hydrogen-bond acceptors (Lipinski definition) is 6. The standard InChI is InChI=1S/C21H24N4O4S/c1-12-6-7-16(29-3)14(10-12)15-11-30-19(22-15)23-17(26)13(2)25-18(27)21(24-20(25)28)8-4-5-9-21/h6-7,10-11,13H,4-5,8-9H2,1-3H3,(H,24,28)(H,22,23,26). The molecule has 1 aromatic carbocycles. The molecule has 1 saturated carbocycles. The predicted octanol–water partition coefficient (Wildman–Crippen LogP) is 3.32. The lowest BCUT2D eigenvalue weighted by molar-refractivity contribution is -0.136. The predicted molar refractivity (Wildman–Crippen MR) is 114 cm³/mol. The van der Waals surface area contributed by atoms with E-state index in [0.717, 1.165) is 28.9 Å². The Morgan fingerprint density at radius 1 is 1.33 bits per heavy atom. The maximum Gasteiger partial charge on any atom is 0.325 e. The molecule has 1 aliphatic heterocycles. The van der Waals surface area contributed by atoms with Gasteiger partial charge in [-0.2, -0.15) is 0 Å². The van der Waals surface area contributed by atoms with Crippen LogP contribution < -0.4 is 15.4 Å². The van der Waals surface area contributed by atoms with Gasteiger partial charge >= 0.3 is 6.03 Å². The van der Waals surface area contributed by atoms with Crippen LogP contribution in [0, 0.1) is 6.92 Å². The van der Waals surface area contributed by atoms with Gasteiger partial charge in [-0.25, -0.2) is 14.7 Å². The van der Waals surface area contributed by atoms with Crippen molar-refractivity contribution in [2.75, 3.05) is 12.4 Å². The van der Waals surface area contributed by atoms with Crippen LogP contribution >= 0.6 is 11.3 Å². The number of nitrogens with zero attached hydrogens (tertiary/aromatic N) is 2. The second-order valence-electron chi connectivity index (χ2n) is 7.80. The number of thiazole rings is 1. The molecule has 2 aromatic rings. The van der Waals surface area contributed by atoms with Crippen molar-refractivity contribution < 1.29 is 19.1 Å². The topological polar surface area (TPSA) is 101 Å². The zero-order valence-electron chi connectivity index (χ0n) is 17.2. The number of ether oxygens (including phenoxy) is 1. The first kappa shape index (κ1) is 20.3. The average Bonchev–Trinajstić information content (AvgIpc) is 3.43. The molecule has 9 heteroatoms. The van der Waals surface area contributed by atoms with Crippen LogP contribution in [-0.2, 0) is 9.59 Å². The summed E-state index contributed by atoms with van der Waals surface area (Å²) in [5.41, 5.74) is 1.75. The highest BCUT2D eigenvalue weighted by Gasteiger charge is 2.54. The summed E-state index contributed by atoms with van der Waals surface area (Å²) in [5, 5.41) is 7.77. The van der Waals surface area contributed by atoms with E-state index in [1.54, 1.807) is 14.0 Å². The van der Waals surface area contributed by atoms with Crippen LogP contribution in [0.4, 0.5) is 9.93 Å². The third-order valence-corrected chi connectivity index (χ3v) is 6.54. The Hall–Kier alpha value is -2.94. The molecule has 4 amide bonds. The highest BCUT2D eigenvalue weighted by atomic mass is 32.1. The van der Waals surface area contributed by atoms with Gasteiger partial charge in [-0.15, -0.1) is 11.3 Å². The Morgan fingerprint density at radius 3 is 2.77 bits per heavy atom. The van der Waals surface area contributed by atoms with Crippen molar-refractivity contribution in [1.29, 1.82) is 0 Å². The van der Waals surface area contributed by atoms with Gasteiger partial charge in [0.25, 0.3) is 5.91 Å². The van der Waals surface area contributed by atoms with Crippen LogP contribution in [0.2, 0.25) is 0 Å². The maximum atomic E-state index is 12.9. The van der Waals surface area contributed by atoms with Crippen LogP contribution in [0.1, 0.15) is 38.2 Å². The number of aryl methyl sites for hydroxylation is 1. The molecule has 2 heterocycles. The van der Waals surface area contributed by atoms with Gasteiger partial charge in [0.15, 0.2) is 5.13 Å². The second-order valence-corrected chi connectivity index (χ2v) is 8.66. The highest BCUT2D eigenvalue weighted by Crippen LogP contribution is 2.36. The first-order chi connectivity index (χ1) is 14.3. The van der Waals surface area contributed by atoms with Gasteiger partial charge in [0, 0.05) is 10.9 Å². The van der Waals surface area contributed by atoms with Crippen molar-refractivity contribution in [2.24, 2.45) is 0 Å². The van der Waals surface area contributed by atoms with E-state index in [1.807, 2.05) is 30.5 Å². The number of nitrogens with one attached hydrogen (secondary N) is 2. The Balaban J connectivity index is 1.49. The molecule has 1 aromatic heterocycles. The fraction of sp³-hybridized carbons (Fsp3) is 0.429. The SMILES string of the molecule is COc1ccc(C)cc1-c1csc(NC(=O)C(C)N2C(=O)NC3(CCCC3)C2=O)n1. The molecule has 0 radical (unpaired) electrons. The van der Waals surface area contributed by atoms with Crippen molar-refractivity contribution in [2.45, 2.75) is 51.1 Å². The number of carbonyl (C=O) groups is 3. The van der Waals surface area contributed by atoms with Crippen molar-refractivity contribution in [3.8, 4) is 17.0 Å². The van der Waals surface area contributed by atoms with Gasteiger partial charge in [0.05, 0.1) is 12.8 Å². The van der Waals surface area contributed by atoms with Crippen LogP contribution in [0.3, 0.4) is 0 Å². The summed E-state index contributed by atoms with van der Waals surface area (Å²) in [7, 11) is 1.60.